The largest absolute Gasteiger partial charge is 0.436 e. The van der Waals surface area contributed by atoms with Gasteiger partial charge in [-0.2, -0.15) is 5.26 Å². The summed E-state index contributed by atoms with van der Waals surface area (Å²) in [4.78, 5) is 47.3. The van der Waals surface area contributed by atoms with E-state index in [2.05, 4.69) is 47.8 Å². The monoisotopic (exact) mass is 840 g/mol. The Balaban J connectivity index is 1.20. The molecule has 0 radical (unpaired) electrons. The number of rotatable bonds is 12. The topological polar surface area (TPSA) is 123 Å². The zero-order valence-corrected chi connectivity index (χ0v) is 35.7. The Hall–Kier alpha value is -6.67. The smallest absolute Gasteiger partial charge is 0.411 e. The number of β-amino-alcohol motifs (C(OH)–C–C–N with tert-alkyl or cyclic N) is 1. The zero-order chi connectivity index (χ0) is 43.4. The normalized spacial score (nSPS) is 16.4. The van der Waals surface area contributed by atoms with E-state index in [0.717, 1.165) is 44.5 Å². The molecule has 312 valence electrons. The number of hydrogen-bond acceptors (Lipinski definition) is 7. The molecule has 1 aliphatic heterocycles. The maximum atomic E-state index is 15.6. The van der Waals surface area contributed by atoms with Crippen LogP contribution in [0, 0.1) is 11.3 Å². The lowest BCUT2D eigenvalue weighted by Gasteiger charge is -2.47. The summed E-state index contributed by atoms with van der Waals surface area (Å²) in [5.41, 5.74) is 7.86. The van der Waals surface area contributed by atoms with Gasteiger partial charge in [0.05, 0.1) is 22.5 Å². The van der Waals surface area contributed by atoms with Crippen molar-refractivity contribution in [3.05, 3.63) is 203 Å². The summed E-state index contributed by atoms with van der Waals surface area (Å²) in [6.07, 6.45) is -2.37. The van der Waals surface area contributed by atoms with Gasteiger partial charge >= 0.3 is 6.09 Å². The average molecular weight is 841 g/mol. The Morgan fingerprint density at radius 1 is 0.774 bits per heavy atom. The third kappa shape index (κ3) is 8.09. The van der Waals surface area contributed by atoms with Crippen molar-refractivity contribution in [1.82, 2.24) is 15.1 Å². The van der Waals surface area contributed by atoms with Crippen LogP contribution in [-0.2, 0) is 25.6 Å². The van der Waals surface area contributed by atoms with Crippen LogP contribution >= 0.6 is 11.8 Å². The molecule has 9 nitrogen and oxygen atoms in total. The maximum absolute atomic E-state index is 15.6. The molecule has 0 aromatic heterocycles. The second-order valence-electron chi connectivity index (χ2n) is 16.4. The maximum Gasteiger partial charge on any atom is 0.411 e. The number of likely N-dealkylation sites (tertiary alicyclic amines) is 1. The number of aliphatic hydroxyl groups is 1. The van der Waals surface area contributed by atoms with Crippen molar-refractivity contribution in [1.29, 1.82) is 5.26 Å². The standard InChI is InChI=1S/C52H48N4O5S/c1-51(2,62-52(37-17-7-4-8-18-37,38-19-9-5-10-20-38)39-21-11-6-12-22-39)47(55(3)50(60)61-46-43-25-15-13-23-41(43)42-24-14-16-26-44(42)46)49(59)56-34-40(57)31-45(56)48(58)54-33-36-29-27-35(32-53)28-30-36/h4-30,40,45-47,57H,31,33-34H2,1-3H3,(H,54,58)/t40-,45+,47-/m1/s1. The molecule has 2 aliphatic rings. The highest BCUT2D eigenvalue weighted by Gasteiger charge is 2.53. The van der Waals surface area contributed by atoms with E-state index in [9.17, 15) is 20.0 Å². The SMILES string of the molecule is CN(C(=O)OC1c2ccccc2-c2ccccc21)[C@H](C(=O)N1C[C@H](O)C[C@H]1C(=O)NCc1ccc(C#N)cc1)C(C)(C)SC(c1ccccc1)(c1ccccc1)c1ccccc1. The first-order chi connectivity index (χ1) is 30.0. The fraction of sp³-hybridized carbons (Fsp3) is 0.231. The first-order valence-corrected chi connectivity index (χ1v) is 21.6. The third-order valence-corrected chi connectivity index (χ3v) is 13.7. The Morgan fingerprint density at radius 2 is 1.26 bits per heavy atom. The molecule has 2 N–H and O–H groups in total. The van der Waals surface area contributed by atoms with Crippen molar-refractivity contribution in [2.45, 2.75) is 60.6 Å². The lowest BCUT2D eigenvalue weighted by atomic mass is 9.84. The Morgan fingerprint density at radius 3 is 1.76 bits per heavy atom. The highest BCUT2D eigenvalue weighted by atomic mass is 32.2. The van der Waals surface area contributed by atoms with Gasteiger partial charge in [0.25, 0.3) is 0 Å². The van der Waals surface area contributed by atoms with Crippen LogP contribution in [0.25, 0.3) is 11.1 Å². The number of hydrogen-bond donors (Lipinski definition) is 2. The van der Waals surface area contributed by atoms with E-state index in [1.54, 1.807) is 43.1 Å². The van der Waals surface area contributed by atoms with Crippen LogP contribution in [0.15, 0.2) is 164 Å². The lowest BCUT2D eigenvalue weighted by Crippen LogP contribution is -2.61. The number of fused-ring (bicyclic) bond motifs is 3. The van der Waals surface area contributed by atoms with Gasteiger partial charge in [-0.1, -0.05) is 152 Å². The number of nitrogens with one attached hydrogen (secondary N) is 1. The van der Waals surface area contributed by atoms with Crippen molar-refractivity contribution >= 4 is 29.7 Å². The van der Waals surface area contributed by atoms with Gasteiger partial charge in [-0.15, -0.1) is 11.8 Å². The zero-order valence-electron chi connectivity index (χ0n) is 34.8. The van der Waals surface area contributed by atoms with Crippen LogP contribution in [0.3, 0.4) is 0 Å². The summed E-state index contributed by atoms with van der Waals surface area (Å²) in [6.45, 7) is 3.98. The van der Waals surface area contributed by atoms with Crippen LogP contribution in [0.4, 0.5) is 4.79 Å². The minimum absolute atomic E-state index is 0.0248. The average Bonchev–Trinajstić information content (AvgIpc) is 3.86. The molecule has 1 heterocycles. The predicted octanol–water partition coefficient (Wildman–Crippen LogP) is 8.85. The summed E-state index contributed by atoms with van der Waals surface area (Å²) in [6, 6.07) is 52.9. The third-order valence-electron chi connectivity index (χ3n) is 11.9. The molecule has 6 aromatic carbocycles. The fourth-order valence-corrected chi connectivity index (χ4v) is 11.0. The summed E-state index contributed by atoms with van der Waals surface area (Å²) in [5, 5.41) is 23.3. The number of thioether (sulfide) groups is 1. The summed E-state index contributed by atoms with van der Waals surface area (Å²) in [7, 11) is 1.59. The molecule has 1 saturated heterocycles. The molecule has 0 bridgehead atoms. The number of aliphatic hydroxyl groups excluding tert-OH is 1. The Kier molecular flexibility index (Phi) is 12.0. The molecule has 62 heavy (non-hydrogen) atoms. The van der Waals surface area contributed by atoms with Crippen LogP contribution in [0.5, 0.6) is 0 Å². The summed E-state index contributed by atoms with van der Waals surface area (Å²) < 4.78 is 4.47. The summed E-state index contributed by atoms with van der Waals surface area (Å²) >= 11 is 1.55. The number of likely N-dealkylation sites (N-methyl/N-ethyl adjacent to an activating group) is 1. The minimum Gasteiger partial charge on any atom is -0.436 e. The van der Waals surface area contributed by atoms with E-state index in [4.69, 9.17) is 4.74 Å². The first kappa shape index (κ1) is 42.0. The van der Waals surface area contributed by atoms with Crippen LogP contribution < -0.4 is 5.32 Å². The molecule has 3 amide bonds. The van der Waals surface area contributed by atoms with Gasteiger partial charge in [-0.05, 0) is 59.4 Å². The van der Waals surface area contributed by atoms with E-state index >= 15 is 4.79 Å². The molecule has 1 fully saturated rings. The van der Waals surface area contributed by atoms with Crippen molar-refractivity contribution in [2.75, 3.05) is 13.6 Å². The second kappa shape index (κ2) is 17.7. The lowest BCUT2D eigenvalue weighted by molar-refractivity contribution is -0.143. The van der Waals surface area contributed by atoms with E-state index in [-0.39, 0.29) is 19.5 Å². The predicted molar refractivity (Wildman–Crippen MR) is 242 cm³/mol. The number of nitriles is 1. The quantitative estimate of drug-likeness (QED) is 0.118. The van der Waals surface area contributed by atoms with Gasteiger partial charge in [0.1, 0.15) is 12.1 Å². The van der Waals surface area contributed by atoms with Gasteiger partial charge < -0.3 is 20.1 Å². The highest BCUT2D eigenvalue weighted by Crippen LogP contribution is 2.55. The Bertz CT molecular complexity index is 2460. The van der Waals surface area contributed by atoms with Gasteiger partial charge in [0.15, 0.2) is 6.10 Å². The molecule has 1 aliphatic carbocycles. The van der Waals surface area contributed by atoms with Crippen molar-refractivity contribution < 1.29 is 24.2 Å². The van der Waals surface area contributed by atoms with Crippen molar-refractivity contribution in [3.63, 3.8) is 0 Å². The molecular weight excluding hydrogens is 793 g/mol. The second-order valence-corrected chi connectivity index (χ2v) is 18.2. The van der Waals surface area contributed by atoms with E-state index in [1.165, 1.54) is 9.80 Å². The number of amides is 3. The number of ether oxygens (including phenoxy) is 1. The number of carbonyl (C=O) groups is 3. The molecule has 0 spiro atoms. The van der Waals surface area contributed by atoms with E-state index < -0.39 is 51.7 Å². The van der Waals surface area contributed by atoms with Crippen LogP contribution in [0.1, 0.15) is 65.3 Å². The van der Waals surface area contributed by atoms with Gasteiger partial charge in [0, 0.05) is 42.4 Å². The highest BCUT2D eigenvalue weighted by molar-refractivity contribution is 8.02. The molecular formula is C52H48N4O5S. The molecule has 3 atom stereocenters. The molecule has 0 saturated carbocycles. The van der Waals surface area contributed by atoms with E-state index in [1.807, 2.05) is 117 Å². The minimum atomic E-state index is -1.21. The number of benzene rings is 6. The van der Waals surface area contributed by atoms with Crippen LogP contribution in [0.2, 0.25) is 0 Å². The number of carbonyl (C=O) groups excluding carboxylic acids is 3. The molecule has 6 aromatic rings. The van der Waals surface area contributed by atoms with Gasteiger partial charge in [-0.3, -0.25) is 14.5 Å². The van der Waals surface area contributed by atoms with E-state index in [0.29, 0.717) is 5.56 Å². The molecule has 8 rings (SSSR count). The van der Waals surface area contributed by atoms with Crippen molar-refractivity contribution in [3.8, 4) is 17.2 Å². The molecule has 10 heteroatoms. The summed E-state index contributed by atoms with van der Waals surface area (Å²) in [5.74, 6) is -0.924. The molecule has 0 unspecified atom stereocenters. The Labute approximate surface area is 367 Å². The van der Waals surface area contributed by atoms with Gasteiger partial charge in [0.2, 0.25) is 11.8 Å². The van der Waals surface area contributed by atoms with Crippen LogP contribution in [-0.4, -0.2) is 69.3 Å². The fourth-order valence-electron chi connectivity index (χ4n) is 9.07. The van der Waals surface area contributed by atoms with Gasteiger partial charge in [-0.25, -0.2) is 4.79 Å². The van der Waals surface area contributed by atoms with Crippen molar-refractivity contribution in [2.24, 2.45) is 0 Å². The number of nitrogens with zero attached hydrogens (tertiary/aromatic N) is 3. The first-order valence-electron chi connectivity index (χ1n) is 20.8.